The first-order valence-corrected chi connectivity index (χ1v) is 18.0. The van der Waals surface area contributed by atoms with Crippen LogP contribution >= 0.6 is 0 Å². The molecular weight excluding hydrogens is 625 g/mol. The lowest BCUT2D eigenvalue weighted by Crippen LogP contribution is -1.93. The van der Waals surface area contributed by atoms with Crippen LogP contribution in [0.1, 0.15) is 0 Å². The number of benzene rings is 10. The Morgan fingerprint density at radius 3 is 1.08 bits per heavy atom. The summed E-state index contributed by atoms with van der Waals surface area (Å²) < 4.78 is 0. The molecule has 242 valence electrons. The van der Waals surface area contributed by atoms with Crippen LogP contribution in [0.15, 0.2) is 206 Å². The molecule has 0 aliphatic carbocycles. The molecule has 0 aliphatic heterocycles. The lowest BCUT2D eigenvalue weighted by molar-refractivity contribution is 1.57. The van der Waals surface area contributed by atoms with E-state index in [9.17, 15) is 0 Å². The molecule has 0 radical (unpaired) electrons. The van der Waals surface area contributed by atoms with Crippen molar-refractivity contribution in [2.24, 2.45) is 0 Å². The summed E-state index contributed by atoms with van der Waals surface area (Å²) in [5.41, 5.74) is 12.4. The SMILES string of the molecule is c1ccc(-c2cc(-c3ccccc3)cc(-c3cccc4c(-c5c6ccccc6c(-c6cccc7ccccc67)c6ccccc56)cccc34)c2)cc1. The minimum absolute atomic E-state index is 1.21. The lowest BCUT2D eigenvalue weighted by Gasteiger charge is -2.20. The summed E-state index contributed by atoms with van der Waals surface area (Å²) in [6, 6.07) is 75.5. The van der Waals surface area contributed by atoms with Gasteiger partial charge in [0.1, 0.15) is 0 Å². The van der Waals surface area contributed by atoms with Gasteiger partial charge in [0, 0.05) is 0 Å². The fraction of sp³-hybridized carbons (Fsp3) is 0. The Bertz CT molecular complexity index is 2820. The van der Waals surface area contributed by atoms with Crippen LogP contribution in [-0.2, 0) is 0 Å². The van der Waals surface area contributed by atoms with Gasteiger partial charge in [-0.15, -0.1) is 0 Å². The monoisotopic (exact) mass is 658 g/mol. The van der Waals surface area contributed by atoms with Gasteiger partial charge < -0.3 is 0 Å². The smallest absolute Gasteiger partial charge is 0.00201 e. The van der Waals surface area contributed by atoms with E-state index in [1.165, 1.54) is 98.7 Å². The fourth-order valence-electron chi connectivity index (χ4n) is 8.31. The Morgan fingerprint density at radius 2 is 0.538 bits per heavy atom. The highest BCUT2D eigenvalue weighted by molar-refractivity contribution is 6.25. The van der Waals surface area contributed by atoms with E-state index >= 15 is 0 Å². The third kappa shape index (κ3) is 5.00. The summed E-state index contributed by atoms with van der Waals surface area (Å²) in [7, 11) is 0. The Hall–Kier alpha value is -6.76. The van der Waals surface area contributed by atoms with Crippen molar-refractivity contribution in [3.63, 3.8) is 0 Å². The minimum Gasteiger partial charge on any atom is -0.0622 e. The van der Waals surface area contributed by atoms with Crippen LogP contribution in [0, 0.1) is 0 Å². The lowest BCUT2D eigenvalue weighted by atomic mass is 9.83. The van der Waals surface area contributed by atoms with Gasteiger partial charge in [-0.05, 0) is 117 Å². The molecule has 0 N–H and O–H groups in total. The van der Waals surface area contributed by atoms with Gasteiger partial charge in [-0.2, -0.15) is 0 Å². The highest BCUT2D eigenvalue weighted by atomic mass is 14.2. The van der Waals surface area contributed by atoms with E-state index in [-0.39, 0.29) is 0 Å². The quantitative estimate of drug-likeness (QED) is 0.161. The van der Waals surface area contributed by atoms with Gasteiger partial charge in [0.2, 0.25) is 0 Å². The van der Waals surface area contributed by atoms with Crippen molar-refractivity contribution in [1.82, 2.24) is 0 Å². The van der Waals surface area contributed by atoms with Crippen molar-refractivity contribution in [2.45, 2.75) is 0 Å². The second kappa shape index (κ2) is 12.5. The van der Waals surface area contributed by atoms with E-state index in [4.69, 9.17) is 0 Å². The van der Waals surface area contributed by atoms with Crippen LogP contribution in [0.2, 0.25) is 0 Å². The number of fused-ring (bicyclic) bond motifs is 4. The third-order valence-electron chi connectivity index (χ3n) is 10.6. The average molecular weight is 659 g/mol. The van der Waals surface area contributed by atoms with E-state index in [1.54, 1.807) is 0 Å². The molecule has 0 bridgehead atoms. The van der Waals surface area contributed by atoms with Crippen LogP contribution in [0.4, 0.5) is 0 Å². The summed E-state index contributed by atoms with van der Waals surface area (Å²) in [5.74, 6) is 0. The molecule has 0 spiro atoms. The summed E-state index contributed by atoms with van der Waals surface area (Å²) in [4.78, 5) is 0. The largest absolute Gasteiger partial charge is 0.0622 e. The Labute approximate surface area is 303 Å². The molecule has 52 heavy (non-hydrogen) atoms. The molecule has 0 atom stereocenters. The van der Waals surface area contributed by atoms with Gasteiger partial charge in [-0.25, -0.2) is 0 Å². The fourth-order valence-corrected chi connectivity index (χ4v) is 8.31. The Balaban J connectivity index is 1.24. The molecule has 10 rings (SSSR count). The van der Waals surface area contributed by atoms with Crippen molar-refractivity contribution in [3.8, 4) is 55.6 Å². The van der Waals surface area contributed by atoms with Crippen LogP contribution in [0.5, 0.6) is 0 Å². The predicted octanol–water partition coefficient (Wildman–Crippen LogP) is 14.6. The van der Waals surface area contributed by atoms with Gasteiger partial charge in [-0.1, -0.05) is 188 Å². The average Bonchev–Trinajstić information content (AvgIpc) is 3.23. The molecule has 0 nitrogen and oxygen atoms in total. The van der Waals surface area contributed by atoms with E-state index in [0.29, 0.717) is 0 Å². The molecule has 0 saturated heterocycles. The van der Waals surface area contributed by atoms with Gasteiger partial charge in [0.25, 0.3) is 0 Å². The minimum atomic E-state index is 1.21. The zero-order valence-corrected chi connectivity index (χ0v) is 28.6. The second-order valence-electron chi connectivity index (χ2n) is 13.6. The Morgan fingerprint density at radius 1 is 0.192 bits per heavy atom. The second-order valence-corrected chi connectivity index (χ2v) is 13.6. The maximum absolute atomic E-state index is 2.35. The van der Waals surface area contributed by atoms with Crippen molar-refractivity contribution >= 4 is 43.1 Å². The van der Waals surface area contributed by atoms with Crippen molar-refractivity contribution < 1.29 is 0 Å². The third-order valence-corrected chi connectivity index (χ3v) is 10.6. The highest BCUT2D eigenvalue weighted by Gasteiger charge is 2.20. The Kier molecular flexibility index (Phi) is 7.25. The van der Waals surface area contributed by atoms with Gasteiger partial charge in [0.15, 0.2) is 0 Å². The molecule has 0 aromatic heterocycles. The molecular formula is C52H34. The van der Waals surface area contributed by atoms with Gasteiger partial charge >= 0.3 is 0 Å². The van der Waals surface area contributed by atoms with Crippen LogP contribution in [-0.4, -0.2) is 0 Å². The molecule has 10 aromatic rings. The maximum atomic E-state index is 2.35. The van der Waals surface area contributed by atoms with E-state index in [2.05, 4.69) is 206 Å². The first-order valence-electron chi connectivity index (χ1n) is 18.0. The van der Waals surface area contributed by atoms with Crippen molar-refractivity contribution in [3.05, 3.63) is 206 Å². The summed E-state index contributed by atoms with van der Waals surface area (Å²) >= 11 is 0. The summed E-state index contributed by atoms with van der Waals surface area (Å²) in [6.07, 6.45) is 0. The molecule has 10 aromatic carbocycles. The van der Waals surface area contributed by atoms with E-state index in [1.807, 2.05) is 0 Å². The van der Waals surface area contributed by atoms with Crippen molar-refractivity contribution in [2.75, 3.05) is 0 Å². The standard InChI is InChI=1S/C52H34/c1-3-16-35(17-4-1)38-32-39(36-18-5-2-6-19-36)34-40(33-38)42-27-14-29-44-43(42)28-15-31-46(44)52-49-25-11-9-23-47(49)51(48-24-10-12-26-50(48)52)45-30-13-21-37-20-7-8-22-41(37)45/h1-34H. The molecule has 0 amide bonds. The molecule has 0 saturated carbocycles. The highest BCUT2D eigenvalue weighted by Crippen LogP contribution is 2.47. The zero-order valence-electron chi connectivity index (χ0n) is 28.6. The summed E-state index contributed by atoms with van der Waals surface area (Å²) in [5, 5.41) is 10.1. The maximum Gasteiger partial charge on any atom is -0.00201 e. The predicted molar refractivity (Wildman–Crippen MR) is 224 cm³/mol. The molecule has 0 heteroatoms. The zero-order chi connectivity index (χ0) is 34.4. The molecule has 0 aliphatic rings. The van der Waals surface area contributed by atoms with Crippen LogP contribution in [0.25, 0.3) is 98.7 Å². The first-order chi connectivity index (χ1) is 25.8. The number of hydrogen-bond acceptors (Lipinski definition) is 0. The van der Waals surface area contributed by atoms with Gasteiger partial charge in [-0.3, -0.25) is 0 Å². The molecule has 0 unspecified atom stereocenters. The van der Waals surface area contributed by atoms with Crippen LogP contribution < -0.4 is 0 Å². The van der Waals surface area contributed by atoms with E-state index < -0.39 is 0 Å². The number of rotatable bonds is 5. The van der Waals surface area contributed by atoms with Gasteiger partial charge in [0.05, 0.1) is 0 Å². The topological polar surface area (TPSA) is 0 Å². The molecule has 0 fully saturated rings. The van der Waals surface area contributed by atoms with Crippen LogP contribution in [0.3, 0.4) is 0 Å². The van der Waals surface area contributed by atoms with Crippen molar-refractivity contribution in [1.29, 1.82) is 0 Å². The molecule has 0 heterocycles. The summed E-state index contributed by atoms with van der Waals surface area (Å²) in [6.45, 7) is 0. The normalized spacial score (nSPS) is 11.5. The van der Waals surface area contributed by atoms with E-state index in [0.717, 1.165) is 0 Å². The first kappa shape index (κ1) is 30.1. The number of hydrogen-bond donors (Lipinski definition) is 0.